The number of carbonyl (C=O) groups excluding carboxylic acids is 1. The predicted molar refractivity (Wildman–Crippen MR) is 112 cm³/mol. The number of hydrogen-bond acceptors (Lipinski definition) is 5. The van der Waals surface area contributed by atoms with Crippen LogP contribution in [0, 0.1) is 0 Å². The van der Waals surface area contributed by atoms with Crippen LogP contribution >= 0.6 is 23.2 Å². The Morgan fingerprint density at radius 2 is 1.89 bits per heavy atom. The topological polar surface area (TPSA) is 88.1 Å². The third-order valence-electron chi connectivity index (χ3n) is 3.48. The van der Waals surface area contributed by atoms with Crippen LogP contribution in [0.3, 0.4) is 0 Å². The summed E-state index contributed by atoms with van der Waals surface area (Å²) in [4.78, 5) is 12.2. The number of amides is 1. The molecule has 0 radical (unpaired) electrons. The molecule has 0 heterocycles. The molecule has 0 aromatic heterocycles. The third-order valence-corrected chi connectivity index (χ3v) is 5.18. The first-order chi connectivity index (χ1) is 13.2. The van der Waals surface area contributed by atoms with Crippen LogP contribution in [0.5, 0.6) is 5.75 Å². The molecule has 2 aromatic rings. The molecular formula is C18H19Cl2N3O4S. The molecule has 1 amide bonds. The number of nitrogens with one attached hydrogen (secondary N) is 1. The van der Waals surface area contributed by atoms with Gasteiger partial charge < -0.3 is 4.74 Å². The number of carbonyl (C=O) groups is 1. The van der Waals surface area contributed by atoms with Crippen molar-refractivity contribution < 1.29 is 17.9 Å². The van der Waals surface area contributed by atoms with Gasteiger partial charge in [0.25, 0.3) is 5.91 Å². The summed E-state index contributed by atoms with van der Waals surface area (Å²) in [5, 5.41) is 4.66. The molecule has 0 fully saturated rings. The zero-order chi connectivity index (χ0) is 20.7. The quantitative estimate of drug-likeness (QED) is 0.500. The van der Waals surface area contributed by atoms with Gasteiger partial charge >= 0.3 is 0 Å². The van der Waals surface area contributed by atoms with Crippen molar-refractivity contribution in [2.24, 2.45) is 5.10 Å². The van der Waals surface area contributed by atoms with Gasteiger partial charge in [-0.05, 0) is 43.3 Å². The number of nitrogens with zero attached hydrogens (tertiary/aromatic N) is 2. The summed E-state index contributed by atoms with van der Waals surface area (Å²) in [6, 6.07) is 11.2. The third kappa shape index (κ3) is 6.40. The minimum Gasteiger partial charge on any atom is -0.494 e. The van der Waals surface area contributed by atoms with Gasteiger partial charge in [-0.3, -0.25) is 9.10 Å². The fourth-order valence-corrected chi connectivity index (χ4v) is 3.53. The molecule has 150 valence electrons. The first kappa shape index (κ1) is 22.0. The molecule has 10 heteroatoms. The normalized spacial score (nSPS) is 11.4. The average molecular weight is 444 g/mol. The standard InChI is InChI=1S/C18H19Cl2N3O4S/c1-3-27-16-8-6-15(7-9-16)23(28(2,25)26)12-18(24)22-21-11-13-4-5-14(19)10-17(13)20/h4-11H,3,12H2,1-2H3,(H,22,24)/b21-11-. The smallest absolute Gasteiger partial charge is 0.260 e. The lowest BCUT2D eigenvalue weighted by molar-refractivity contribution is -0.119. The summed E-state index contributed by atoms with van der Waals surface area (Å²) in [7, 11) is -3.68. The van der Waals surface area contributed by atoms with Gasteiger partial charge in [-0.2, -0.15) is 5.10 Å². The van der Waals surface area contributed by atoms with Crippen molar-refractivity contribution >= 4 is 51.0 Å². The van der Waals surface area contributed by atoms with Crippen molar-refractivity contribution in [2.75, 3.05) is 23.7 Å². The Hall–Kier alpha value is -2.29. The van der Waals surface area contributed by atoms with E-state index in [4.69, 9.17) is 27.9 Å². The minimum absolute atomic E-state index is 0.339. The zero-order valence-electron chi connectivity index (χ0n) is 15.2. The van der Waals surface area contributed by atoms with E-state index in [0.29, 0.717) is 33.7 Å². The monoisotopic (exact) mass is 443 g/mol. The van der Waals surface area contributed by atoms with Gasteiger partial charge in [0.2, 0.25) is 10.0 Å². The lowest BCUT2D eigenvalue weighted by Crippen LogP contribution is -2.39. The zero-order valence-corrected chi connectivity index (χ0v) is 17.6. The second-order valence-electron chi connectivity index (χ2n) is 5.66. The number of rotatable bonds is 8. The van der Waals surface area contributed by atoms with Crippen LogP contribution in [0.15, 0.2) is 47.6 Å². The van der Waals surface area contributed by atoms with Gasteiger partial charge in [0.15, 0.2) is 0 Å². The van der Waals surface area contributed by atoms with E-state index in [-0.39, 0.29) is 0 Å². The Balaban J connectivity index is 2.07. The van der Waals surface area contributed by atoms with Crippen molar-refractivity contribution in [1.29, 1.82) is 0 Å². The molecule has 0 unspecified atom stereocenters. The Morgan fingerprint density at radius 3 is 2.46 bits per heavy atom. The maximum absolute atomic E-state index is 12.2. The number of hydrogen-bond donors (Lipinski definition) is 1. The van der Waals surface area contributed by atoms with Gasteiger partial charge in [-0.1, -0.05) is 29.3 Å². The number of ether oxygens (including phenoxy) is 1. The van der Waals surface area contributed by atoms with Gasteiger partial charge in [0, 0.05) is 10.6 Å². The highest BCUT2D eigenvalue weighted by molar-refractivity contribution is 7.92. The van der Waals surface area contributed by atoms with Crippen LogP contribution in [0.25, 0.3) is 0 Å². The molecular weight excluding hydrogens is 425 g/mol. The van der Waals surface area contributed by atoms with Crippen molar-refractivity contribution in [3.8, 4) is 5.75 Å². The molecule has 2 aromatic carbocycles. The van der Waals surface area contributed by atoms with Crippen LogP contribution in [0.4, 0.5) is 5.69 Å². The highest BCUT2D eigenvalue weighted by Gasteiger charge is 2.20. The Labute approximate surface area is 173 Å². The van der Waals surface area contributed by atoms with Crippen LogP contribution in [-0.2, 0) is 14.8 Å². The number of anilines is 1. The van der Waals surface area contributed by atoms with Gasteiger partial charge in [0.1, 0.15) is 12.3 Å². The first-order valence-corrected chi connectivity index (χ1v) is 10.8. The Kier molecular flexibility index (Phi) is 7.68. The second-order valence-corrected chi connectivity index (χ2v) is 8.41. The van der Waals surface area contributed by atoms with Crippen LogP contribution in [0.2, 0.25) is 10.0 Å². The average Bonchev–Trinajstić information content (AvgIpc) is 2.62. The van der Waals surface area contributed by atoms with Crippen molar-refractivity contribution in [1.82, 2.24) is 5.43 Å². The number of sulfonamides is 1. The summed E-state index contributed by atoms with van der Waals surface area (Å²) in [6.45, 7) is 1.91. The molecule has 1 N–H and O–H groups in total. The van der Waals surface area contributed by atoms with Crippen LogP contribution in [0.1, 0.15) is 12.5 Å². The van der Waals surface area contributed by atoms with E-state index in [2.05, 4.69) is 10.5 Å². The minimum atomic E-state index is -3.68. The predicted octanol–water partition coefficient (Wildman–Crippen LogP) is 3.31. The molecule has 0 atom stereocenters. The Morgan fingerprint density at radius 1 is 1.21 bits per heavy atom. The fourth-order valence-electron chi connectivity index (χ4n) is 2.22. The summed E-state index contributed by atoms with van der Waals surface area (Å²) < 4.78 is 30.5. The molecule has 0 saturated carbocycles. The van der Waals surface area contributed by atoms with E-state index in [1.165, 1.54) is 6.21 Å². The van der Waals surface area contributed by atoms with Crippen molar-refractivity contribution in [3.63, 3.8) is 0 Å². The second kappa shape index (κ2) is 9.77. The molecule has 0 aliphatic rings. The van der Waals surface area contributed by atoms with E-state index in [1.54, 1.807) is 42.5 Å². The van der Waals surface area contributed by atoms with Gasteiger partial charge in [-0.25, -0.2) is 13.8 Å². The van der Waals surface area contributed by atoms with Crippen LogP contribution in [-0.4, -0.2) is 39.9 Å². The summed E-state index contributed by atoms with van der Waals surface area (Å²) in [5.74, 6) is -0.00533. The van der Waals surface area contributed by atoms with Crippen molar-refractivity contribution in [2.45, 2.75) is 6.92 Å². The molecule has 2 rings (SSSR count). The van der Waals surface area contributed by atoms with E-state index < -0.39 is 22.5 Å². The van der Waals surface area contributed by atoms with E-state index in [0.717, 1.165) is 10.6 Å². The van der Waals surface area contributed by atoms with Gasteiger partial charge in [0.05, 0.1) is 29.8 Å². The van der Waals surface area contributed by atoms with E-state index in [9.17, 15) is 13.2 Å². The maximum Gasteiger partial charge on any atom is 0.260 e. The maximum atomic E-state index is 12.2. The highest BCUT2D eigenvalue weighted by atomic mass is 35.5. The molecule has 0 saturated heterocycles. The summed E-state index contributed by atoms with van der Waals surface area (Å²) >= 11 is 11.8. The molecule has 28 heavy (non-hydrogen) atoms. The van der Waals surface area contributed by atoms with Gasteiger partial charge in [-0.15, -0.1) is 0 Å². The summed E-state index contributed by atoms with van der Waals surface area (Å²) in [5.41, 5.74) is 3.18. The number of halogens is 2. The molecule has 0 aliphatic heterocycles. The Bertz CT molecular complexity index is 963. The largest absolute Gasteiger partial charge is 0.494 e. The van der Waals surface area contributed by atoms with Crippen molar-refractivity contribution in [3.05, 3.63) is 58.1 Å². The lowest BCUT2D eigenvalue weighted by Gasteiger charge is -2.21. The highest BCUT2D eigenvalue weighted by Crippen LogP contribution is 2.22. The van der Waals surface area contributed by atoms with E-state index in [1.807, 2.05) is 6.92 Å². The SMILES string of the molecule is CCOc1ccc(N(CC(=O)N/N=C\c2ccc(Cl)cc2Cl)S(C)(=O)=O)cc1. The number of hydrazone groups is 1. The molecule has 0 spiro atoms. The molecule has 7 nitrogen and oxygen atoms in total. The van der Waals surface area contributed by atoms with Crippen LogP contribution < -0.4 is 14.5 Å². The molecule has 0 bridgehead atoms. The van der Waals surface area contributed by atoms with E-state index >= 15 is 0 Å². The first-order valence-electron chi connectivity index (χ1n) is 8.18. The molecule has 0 aliphatic carbocycles. The number of benzene rings is 2. The fraction of sp³-hybridized carbons (Fsp3) is 0.222. The summed E-state index contributed by atoms with van der Waals surface area (Å²) in [6.07, 6.45) is 2.37. The lowest BCUT2D eigenvalue weighted by atomic mass is 10.2.